The van der Waals surface area contributed by atoms with Gasteiger partial charge in [0.15, 0.2) is 0 Å². The lowest BCUT2D eigenvalue weighted by Gasteiger charge is -2.25. The number of benzene rings is 3. The maximum absolute atomic E-state index is 13.4. The number of carbonyl (C=O) groups excluding carboxylic acids is 4. The summed E-state index contributed by atoms with van der Waals surface area (Å²) in [6, 6.07) is 24.9. The molecule has 7 rings (SSSR count). The highest BCUT2D eigenvalue weighted by Gasteiger charge is 2.35. The van der Waals surface area contributed by atoms with E-state index in [0.29, 0.717) is 44.5 Å². The zero-order valence-corrected chi connectivity index (χ0v) is 29.8. The molecule has 0 spiro atoms. The minimum absolute atomic E-state index is 0.0179. The molecule has 4 aromatic rings. The van der Waals surface area contributed by atoms with Crippen molar-refractivity contribution in [3.8, 4) is 0 Å². The first-order chi connectivity index (χ1) is 25.3. The fourth-order valence-corrected chi connectivity index (χ4v) is 7.86. The van der Waals surface area contributed by atoms with Crippen LogP contribution in [0.1, 0.15) is 55.3 Å². The van der Waals surface area contributed by atoms with E-state index in [0.717, 1.165) is 59.8 Å². The highest BCUT2D eigenvalue weighted by atomic mass is 16.2. The van der Waals surface area contributed by atoms with Gasteiger partial charge < -0.3 is 25.0 Å². The molecule has 2 fully saturated rings. The van der Waals surface area contributed by atoms with Gasteiger partial charge in [-0.1, -0.05) is 72.8 Å². The Kier molecular flexibility index (Phi) is 10.7. The molecule has 2 aliphatic heterocycles. The Morgan fingerprint density at radius 1 is 0.712 bits per heavy atom. The van der Waals surface area contributed by atoms with Crippen molar-refractivity contribution in [3.05, 3.63) is 120 Å². The average molecular weight is 698 g/mol. The second-order valence-electron chi connectivity index (χ2n) is 14.3. The van der Waals surface area contributed by atoms with Crippen molar-refractivity contribution >= 4 is 45.9 Å². The molecule has 1 aromatic heterocycles. The largest absolute Gasteiger partial charge is 0.348 e. The first-order valence-electron chi connectivity index (χ1n) is 18.6. The third-order valence-electron chi connectivity index (χ3n) is 10.8. The molecule has 3 aliphatic rings. The van der Waals surface area contributed by atoms with Gasteiger partial charge in [-0.2, -0.15) is 0 Å². The van der Waals surface area contributed by atoms with Gasteiger partial charge in [0.25, 0.3) is 0 Å². The maximum Gasteiger partial charge on any atom is 0.247 e. The van der Waals surface area contributed by atoms with Gasteiger partial charge in [0.1, 0.15) is 12.1 Å². The fourth-order valence-electron chi connectivity index (χ4n) is 7.86. The number of amides is 4. The maximum atomic E-state index is 13.4. The number of nitrogens with one attached hydrogen (secondary N) is 2. The van der Waals surface area contributed by atoms with E-state index >= 15 is 0 Å². The summed E-state index contributed by atoms with van der Waals surface area (Å²) in [4.78, 5) is 56.2. The minimum atomic E-state index is -0.468. The Bertz CT molecular complexity index is 2000. The molecule has 9 heteroatoms. The third kappa shape index (κ3) is 8.04. The number of hydrogen-bond acceptors (Lipinski definition) is 4. The van der Waals surface area contributed by atoms with E-state index in [1.807, 2.05) is 92.0 Å². The van der Waals surface area contributed by atoms with E-state index in [1.54, 1.807) is 9.80 Å². The van der Waals surface area contributed by atoms with Crippen LogP contribution in [0.5, 0.6) is 0 Å². The van der Waals surface area contributed by atoms with Gasteiger partial charge in [-0.15, -0.1) is 0 Å². The molecule has 4 amide bonds. The number of allylic oxidation sites excluding steroid dienone is 4. The molecule has 2 N–H and O–H groups in total. The smallest absolute Gasteiger partial charge is 0.247 e. The molecule has 52 heavy (non-hydrogen) atoms. The Morgan fingerprint density at radius 3 is 2.08 bits per heavy atom. The standard InChI is InChI=1S/C43H47N5O4/c1-46-36(23-18-30-16-20-34(21-17-30)44-42(51)37-14-8-24-47(37)40(49)26-31-10-4-2-5-11-31)28-33-19-22-35(29-39(33)46)45-43(52)38-15-9-25-48(38)41(50)27-32-12-6-3-7-13-32/h2-7,10,12-13,16-17,19-22,28-29,31,37-38H,8-9,11,14-15,18,23-27H2,1H3,(H,44,51)(H,45,52). The summed E-state index contributed by atoms with van der Waals surface area (Å²) < 4.78 is 2.17. The number of aromatic nitrogens is 1. The molecule has 3 atom stereocenters. The van der Waals surface area contributed by atoms with Crippen LogP contribution in [0.2, 0.25) is 0 Å². The summed E-state index contributed by atoms with van der Waals surface area (Å²) in [6.45, 7) is 1.23. The summed E-state index contributed by atoms with van der Waals surface area (Å²) in [5.74, 6) is -0.0370. The molecule has 1 aliphatic carbocycles. The van der Waals surface area contributed by atoms with Crippen molar-refractivity contribution in [2.45, 2.75) is 69.9 Å². The monoisotopic (exact) mass is 697 g/mol. The van der Waals surface area contributed by atoms with Gasteiger partial charge in [0.05, 0.1) is 11.9 Å². The highest BCUT2D eigenvalue weighted by molar-refractivity contribution is 5.99. The average Bonchev–Trinajstić information content (AvgIpc) is 3.92. The van der Waals surface area contributed by atoms with Crippen LogP contribution in [0.4, 0.5) is 11.4 Å². The summed E-state index contributed by atoms with van der Waals surface area (Å²) >= 11 is 0. The normalized spacial score (nSPS) is 19.7. The van der Waals surface area contributed by atoms with Crippen LogP contribution in [-0.4, -0.2) is 63.2 Å². The summed E-state index contributed by atoms with van der Waals surface area (Å²) in [6.07, 6.45) is 14.4. The number of likely N-dealkylation sites (tertiary alicyclic amines) is 2. The van der Waals surface area contributed by atoms with Gasteiger partial charge in [-0.25, -0.2) is 0 Å². The highest BCUT2D eigenvalue weighted by Crippen LogP contribution is 2.27. The van der Waals surface area contributed by atoms with Crippen LogP contribution in [-0.2, 0) is 45.5 Å². The van der Waals surface area contributed by atoms with Crippen molar-refractivity contribution in [1.29, 1.82) is 0 Å². The number of carbonyl (C=O) groups is 4. The molecule has 0 radical (unpaired) electrons. The van der Waals surface area contributed by atoms with Crippen LogP contribution in [0.15, 0.2) is 103 Å². The molecule has 268 valence electrons. The van der Waals surface area contributed by atoms with E-state index in [-0.39, 0.29) is 29.5 Å². The number of fused-ring (bicyclic) bond motifs is 1. The van der Waals surface area contributed by atoms with Crippen LogP contribution in [0.25, 0.3) is 10.9 Å². The van der Waals surface area contributed by atoms with Gasteiger partial charge in [0, 0.05) is 43.6 Å². The Morgan fingerprint density at radius 2 is 1.38 bits per heavy atom. The van der Waals surface area contributed by atoms with Crippen molar-refractivity contribution in [1.82, 2.24) is 14.4 Å². The SMILES string of the molecule is Cn1c(CCc2ccc(NC(=O)C3CCCN3C(=O)CC3C=CC=CC3)cc2)cc2ccc(NC(=O)C3CCCN3C(=O)Cc3ccccc3)cc21. The second-order valence-corrected chi connectivity index (χ2v) is 14.3. The molecule has 9 nitrogen and oxygen atoms in total. The van der Waals surface area contributed by atoms with Crippen molar-refractivity contribution < 1.29 is 19.2 Å². The van der Waals surface area contributed by atoms with Gasteiger partial charge in [-0.05, 0) is 97.7 Å². The quantitative estimate of drug-likeness (QED) is 0.185. The molecule has 3 unspecified atom stereocenters. The lowest BCUT2D eigenvalue weighted by molar-refractivity contribution is -0.137. The van der Waals surface area contributed by atoms with Gasteiger partial charge in [0.2, 0.25) is 23.6 Å². The number of aryl methyl sites for hydroxylation is 3. The van der Waals surface area contributed by atoms with Crippen LogP contribution in [0.3, 0.4) is 0 Å². The van der Waals surface area contributed by atoms with E-state index in [2.05, 4.69) is 33.4 Å². The first kappa shape index (κ1) is 35.0. The van der Waals surface area contributed by atoms with E-state index in [1.165, 1.54) is 5.69 Å². The van der Waals surface area contributed by atoms with Crippen molar-refractivity contribution in [2.24, 2.45) is 13.0 Å². The summed E-state index contributed by atoms with van der Waals surface area (Å²) in [7, 11) is 2.04. The number of rotatable bonds is 11. The molecule has 2 saturated heterocycles. The third-order valence-corrected chi connectivity index (χ3v) is 10.8. The van der Waals surface area contributed by atoms with E-state index < -0.39 is 12.1 Å². The second kappa shape index (κ2) is 15.8. The molecule has 0 saturated carbocycles. The summed E-state index contributed by atoms with van der Waals surface area (Å²) in [5.41, 5.74) is 5.76. The fraction of sp³-hybridized carbons (Fsp3) is 0.349. The Labute approximate surface area is 305 Å². The number of hydrogen-bond donors (Lipinski definition) is 2. The van der Waals surface area contributed by atoms with Crippen LogP contribution >= 0.6 is 0 Å². The zero-order valence-electron chi connectivity index (χ0n) is 29.8. The predicted octanol–water partition coefficient (Wildman–Crippen LogP) is 6.59. The van der Waals surface area contributed by atoms with Crippen molar-refractivity contribution in [2.75, 3.05) is 23.7 Å². The Balaban J connectivity index is 0.920. The van der Waals surface area contributed by atoms with Crippen LogP contribution in [0, 0.1) is 5.92 Å². The number of nitrogens with zero attached hydrogens (tertiary/aromatic N) is 3. The Hall–Kier alpha value is -5.44. The van der Waals surface area contributed by atoms with Crippen LogP contribution < -0.4 is 10.6 Å². The zero-order chi connectivity index (χ0) is 36.0. The predicted molar refractivity (Wildman–Crippen MR) is 205 cm³/mol. The number of anilines is 2. The topological polar surface area (TPSA) is 104 Å². The van der Waals surface area contributed by atoms with E-state index in [4.69, 9.17) is 0 Å². The lowest BCUT2D eigenvalue weighted by Crippen LogP contribution is -2.43. The molecule has 0 bridgehead atoms. The molecule has 3 aromatic carbocycles. The van der Waals surface area contributed by atoms with Gasteiger partial charge >= 0.3 is 0 Å². The molecular formula is C43H47N5O4. The molecular weight excluding hydrogens is 651 g/mol. The molecule has 3 heterocycles. The van der Waals surface area contributed by atoms with Gasteiger partial charge in [-0.3, -0.25) is 19.2 Å². The first-order valence-corrected chi connectivity index (χ1v) is 18.6. The minimum Gasteiger partial charge on any atom is -0.348 e. The lowest BCUT2D eigenvalue weighted by atomic mass is 9.96. The summed E-state index contributed by atoms with van der Waals surface area (Å²) in [5, 5.41) is 7.22. The van der Waals surface area contributed by atoms with Crippen molar-refractivity contribution in [3.63, 3.8) is 0 Å². The van der Waals surface area contributed by atoms with E-state index in [9.17, 15) is 19.2 Å².